The van der Waals surface area contributed by atoms with E-state index in [0.29, 0.717) is 5.69 Å². The summed E-state index contributed by atoms with van der Waals surface area (Å²) in [7, 11) is 0. The van der Waals surface area contributed by atoms with Crippen molar-refractivity contribution in [2.45, 2.75) is 32.9 Å². The van der Waals surface area contributed by atoms with Gasteiger partial charge in [-0.25, -0.2) is 0 Å². The largest absolute Gasteiger partial charge is 0.325 e. The summed E-state index contributed by atoms with van der Waals surface area (Å²) in [4.78, 5) is 48.0. The fourth-order valence-electron chi connectivity index (χ4n) is 2.62. The lowest BCUT2D eigenvalue weighted by Gasteiger charge is -2.14. The molecule has 25 heavy (non-hydrogen) atoms. The summed E-state index contributed by atoms with van der Waals surface area (Å²) in [6.07, 6.45) is 0.544. The number of carbonyl (C=O) groups excluding carboxylic acids is 3. The average molecular weight is 359 g/mol. The number of nitrogens with zero attached hydrogens (tertiary/aromatic N) is 2. The maximum absolute atomic E-state index is 12.1. The molecule has 0 radical (unpaired) electrons. The van der Waals surface area contributed by atoms with Gasteiger partial charge in [-0.2, -0.15) is 0 Å². The summed E-state index contributed by atoms with van der Waals surface area (Å²) in [6, 6.07) is 6.94. The molecule has 0 spiro atoms. The molecule has 7 nitrogen and oxygen atoms in total. The Morgan fingerprint density at radius 3 is 2.32 bits per heavy atom. The van der Waals surface area contributed by atoms with E-state index in [4.69, 9.17) is 0 Å². The molecule has 130 valence electrons. The first kappa shape index (κ1) is 17.1. The first-order valence-electron chi connectivity index (χ1n) is 7.81. The number of aromatic nitrogens is 1. The topological polar surface area (TPSA) is 88.5 Å². The van der Waals surface area contributed by atoms with Gasteiger partial charge in [0.2, 0.25) is 17.7 Å². The van der Waals surface area contributed by atoms with Gasteiger partial charge in [0, 0.05) is 29.6 Å². The predicted octanol–water partition coefficient (Wildman–Crippen LogP) is 1.51. The maximum atomic E-state index is 12.1. The third-order valence-electron chi connectivity index (χ3n) is 4.01. The van der Waals surface area contributed by atoms with Crippen LogP contribution in [0.15, 0.2) is 34.4 Å². The van der Waals surface area contributed by atoms with E-state index >= 15 is 0 Å². The summed E-state index contributed by atoms with van der Waals surface area (Å²) in [5.41, 5.74) is 2.15. The molecule has 1 N–H and O–H groups in total. The van der Waals surface area contributed by atoms with Crippen LogP contribution in [0.1, 0.15) is 24.1 Å². The molecule has 0 saturated carbocycles. The summed E-state index contributed by atoms with van der Waals surface area (Å²) in [5, 5.41) is 4.45. The number of nitrogens with one attached hydrogen (secondary N) is 1. The summed E-state index contributed by atoms with van der Waals surface area (Å²) < 4.78 is 1.42. The third-order valence-corrected chi connectivity index (χ3v) is 4.89. The number of aryl methyl sites for hydroxylation is 1. The molecule has 3 rings (SSSR count). The smallest absolute Gasteiger partial charge is 0.307 e. The molecule has 3 amide bonds. The molecule has 1 fully saturated rings. The second-order valence-electron chi connectivity index (χ2n) is 5.85. The number of hydrogen-bond acceptors (Lipinski definition) is 5. The second-order valence-corrected chi connectivity index (χ2v) is 6.67. The molecule has 1 aliphatic heterocycles. The predicted molar refractivity (Wildman–Crippen MR) is 93.2 cm³/mol. The monoisotopic (exact) mass is 359 g/mol. The van der Waals surface area contributed by atoms with Crippen molar-refractivity contribution in [3.8, 4) is 0 Å². The number of hydrogen-bond donors (Lipinski definition) is 1. The van der Waals surface area contributed by atoms with Crippen molar-refractivity contribution < 1.29 is 14.4 Å². The number of rotatable bonds is 5. The van der Waals surface area contributed by atoms with Gasteiger partial charge in [-0.05, 0) is 24.6 Å². The summed E-state index contributed by atoms with van der Waals surface area (Å²) in [5.74, 6) is -0.598. The fourth-order valence-corrected chi connectivity index (χ4v) is 3.35. The Morgan fingerprint density at radius 2 is 1.76 bits per heavy atom. The van der Waals surface area contributed by atoms with Crippen molar-refractivity contribution >= 4 is 34.7 Å². The van der Waals surface area contributed by atoms with Crippen LogP contribution in [-0.4, -0.2) is 27.2 Å². The van der Waals surface area contributed by atoms with Crippen LogP contribution in [0.3, 0.4) is 0 Å². The van der Waals surface area contributed by atoms with Crippen LogP contribution >= 0.6 is 11.3 Å². The highest BCUT2D eigenvalue weighted by Gasteiger charge is 2.28. The Bertz CT molecular complexity index is 866. The van der Waals surface area contributed by atoms with Crippen LogP contribution < -0.4 is 10.2 Å². The molecule has 2 aromatic rings. The van der Waals surface area contributed by atoms with Gasteiger partial charge in [0.1, 0.15) is 6.54 Å². The minimum Gasteiger partial charge on any atom is -0.325 e. The van der Waals surface area contributed by atoms with Crippen molar-refractivity contribution in [3.05, 3.63) is 50.6 Å². The summed E-state index contributed by atoms with van der Waals surface area (Å²) >= 11 is 1.06. The van der Waals surface area contributed by atoms with Crippen molar-refractivity contribution in [2.75, 3.05) is 5.32 Å². The standard InChI is InChI=1S/C17H17N3O4S/c1-11-10-25-17(24)19(11)9-14(21)18-13-4-2-12(3-5-13)8-20-15(22)6-7-16(20)23/h2-5,10H,6-9H2,1H3,(H,18,21). The van der Waals surface area contributed by atoms with E-state index in [1.807, 2.05) is 0 Å². The van der Waals surface area contributed by atoms with E-state index in [1.54, 1.807) is 36.6 Å². The second kappa shape index (κ2) is 7.02. The molecule has 0 aliphatic carbocycles. The van der Waals surface area contributed by atoms with E-state index in [2.05, 4.69) is 5.32 Å². The van der Waals surface area contributed by atoms with Crippen LogP contribution in [0.4, 0.5) is 5.69 Å². The zero-order valence-corrected chi connectivity index (χ0v) is 14.5. The summed E-state index contributed by atoms with van der Waals surface area (Å²) in [6.45, 7) is 1.99. The SMILES string of the molecule is Cc1csc(=O)n1CC(=O)Nc1ccc(CN2C(=O)CCC2=O)cc1. The lowest BCUT2D eigenvalue weighted by Crippen LogP contribution is -2.28. The van der Waals surface area contributed by atoms with Crippen molar-refractivity contribution in [1.29, 1.82) is 0 Å². The van der Waals surface area contributed by atoms with E-state index in [9.17, 15) is 19.2 Å². The van der Waals surface area contributed by atoms with Crippen LogP contribution in [0.5, 0.6) is 0 Å². The van der Waals surface area contributed by atoms with Crippen molar-refractivity contribution in [3.63, 3.8) is 0 Å². The van der Waals surface area contributed by atoms with Crippen LogP contribution in [-0.2, 0) is 27.5 Å². The van der Waals surface area contributed by atoms with Gasteiger partial charge in [0.15, 0.2) is 0 Å². The van der Waals surface area contributed by atoms with Gasteiger partial charge in [-0.1, -0.05) is 23.5 Å². The normalized spacial score (nSPS) is 14.2. The van der Waals surface area contributed by atoms with Crippen LogP contribution in [0.25, 0.3) is 0 Å². The van der Waals surface area contributed by atoms with Gasteiger partial charge in [0.05, 0.1) is 6.54 Å². The number of imide groups is 1. The number of carbonyl (C=O) groups is 3. The highest BCUT2D eigenvalue weighted by molar-refractivity contribution is 7.07. The molecule has 1 aromatic carbocycles. The van der Waals surface area contributed by atoms with E-state index in [0.717, 1.165) is 22.6 Å². The van der Waals surface area contributed by atoms with Gasteiger partial charge in [-0.3, -0.25) is 28.6 Å². The Kier molecular flexibility index (Phi) is 4.80. The van der Waals surface area contributed by atoms with Crippen molar-refractivity contribution in [1.82, 2.24) is 9.47 Å². The lowest BCUT2D eigenvalue weighted by atomic mass is 10.2. The maximum Gasteiger partial charge on any atom is 0.307 e. The zero-order valence-electron chi connectivity index (χ0n) is 13.7. The molecule has 1 aromatic heterocycles. The molecular formula is C17H17N3O4S. The molecule has 0 unspecified atom stereocenters. The number of anilines is 1. The minimum atomic E-state index is -0.291. The minimum absolute atomic E-state index is 0.0350. The Labute approximate surface area is 147 Å². The molecule has 2 heterocycles. The fraction of sp³-hybridized carbons (Fsp3) is 0.294. The molecule has 1 saturated heterocycles. The van der Waals surface area contributed by atoms with E-state index in [1.165, 1.54) is 9.47 Å². The highest BCUT2D eigenvalue weighted by atomic mass is 32.1. The molecule has 0 atom stereocenters. The first-order chi connectivity index (χ1) is 11.9. The number of likely N-dealkylation sites (tertiary alicyclic amines) is 1. The average Bonchev–Trinajstić information content (AvgIpc) is 3.06. The van der Waals surface area contributed by atoms with Crippen LogP contribution in [0.2, 0.25) is 0 Å². The Balaban J connectivity index is 1.61. The van der Waals surface area contributed by atoms with Crippen LogP contribution in [0, 0.1) is 6.92 Å². The van der Waals surface area contributed by atoms with E-state index in [-0.39, 0.29) is 48.5 Å². The highest BCUT2D eigenvalue weighted by Crippen LogP contribution is 2.17. The van der Waals surface area contributed by atoms with Gasteiger partial charge < -0.3 is 5.32 Å². The number of thiazole rings is 1. The van der Waals surface area contributed by atoms with Gasteiger partial charge >= 0.3 is 4.87 Å². The first-order valence-corrected chi connectivity index (χ1v) is 8.69. The Hall–Kier alpha value is -2.74. The molecular weight excluding hydrogens is 342 g/mol. The van der Waals surface area contributed by atoms with E-state index < -0.39 is 0 Å². The van der Waals surface area contributed by atoms with Gasteiger partial charge in [-0.15, -0.1) is 0 Å². The quantitative estimate of drug-likeness (QED) is 0.820. The third kappa shape index (κ3) is 3.85. The molecule has 8 heteroatoms. The molecule has 0 bridgehead atoms. The number of amides is 3. The Morgan fingerprint density at radius 1 is 1.12 bits per heavy atom. The lowest BCUT2D eigenvalue weighted by molar-refractivity contribution is -0.139. The number of benzene rings is 1. The van der Waals surface area contributed by atoms with Crippen molar-refractivity contribution in [2.24, 2.45) is 0 Å². The molecule has 1 aliphatic rings. The van der Waals surface area contributed by atoms with Gasteiger partial charge in [0.25, 0.3) is 0 Å². The zero-order chi connectivity index (χ0) is 18.0.